The fraction of sp³-hybridized carbons (Fsp3) is 0.833. The van der Waals surface area contributed by atoms with Gasteiger partial charge in [0.2, 0.25) is 5.91 Å². The van der Waals surface area contributed by atoms with Crippen LogP contribution in [0.5, 0.6) is 0 Å². The molecule has 5 heteroatoms. The van der Waals surface area contributed by atoms with E-state index >= 15 is 0 Å². The molecule has 2 N–H and O–H groups in total. The van der Waals surface area contributed by atoms with Crippen molar-refractivity contribution in [2.45, 2.75) is 45.6 Å². The lowest BCUT2D eigenvalue weighted by Crippen LogP contribution is -2.46. The van der Waals surface area contributed by atoms with Gasteiger partial charge in [0.1, 0.15) is 0 Å². The Kier molecular flexibility index (Phi) is 5.80. The summed E-state index contributed by atoms with van der Waals surface area (Å²) in [4.78, 5) is 24.8. The highest BCUT2D eigenvalue weighted by Gasteiger charge is 2.17. The molecule has 0 saturated heterocycles. The first-order chi connectivity index (χ1) is 8.17. The van der Waals surface area contributed by atoms with Crippen molar-refractivity contribution in [3.8, 4) is 0 Å². The summed E-state index contributed by atoms with van der Waals surface area (Å²) in [5.41, 5.74) is 0. The third kappa shape index (κ3) is 4.63. The molecule has 0 aromatic heterocycles. The number of hydrogen-bond acceptors (Lipinski definition) is 2. The van der Waals surface area contributed by atoms with E-state index < -0.39 is 0 Å². The van der Waals surface area contributed by atoms with Crippen molar-refractivity contribution in [1.29, 1.82) is 0 Å². The molecule has 0 radical (unpaired) electrons. The van der Waals surface area contributed by atoms with Crippen LogP contribution in [0.3, 0.4) is 0 Å². The molecule has 0 aromatic carbocycles. The molecule has 1 fully saturated rings. The molecule has 98 valence electrons. The molecule has 0 aliphatic heterocycles. The van der Waals surface area contributed by atoms with Gasteiger partial charge < -0.3 is 15.5 Å². The van der Waals surface area contributed by atoms with E-state index in [0.717, 1.165) is 12.8 Å². The zero-order valence-corrected chi connectivity index (χ0v) is 10.8. The van der Waals surface area contributed by atoms with Gasteiger partial charge in [-0.1, -0.05) is 12.8 Å². The molecular formula is C12H23N3O2. The molecular weight excluding hydrogens is 218 g/mol. The number of urea groups is 1. The summed E-state index contributed by atoms with van der Waals surface area (Å²) in [6.45, 7) is 5.31. The Balaban J connectivity index is 2.20. The number of nitrogens with one attached hydrogen (secondary N) is 2. The van der Waals surface area contributed by atoms with Gasteiger partial charge in [0, 0.05) is 19.1 Å². The van der Waals surface area contributed by atoms with Crippen molar-refractivity contribution >= 4 is 11.9 Å². The number of nitrogens with zero attached hydrogens (tertiary/aromatic N) is 1. The number of carbonyl (C=O) groups excluding carboxylic acids is 2. The molecule has 1 aliphatic rings. The van der Waals surface area contributed by atoms with Crippen LogP contribution in [0.4, 0.5) is 4.79 Å². The summed E-state index contributed by atoms with van der Waals surface area (Å²) in [5, 5.41) is 5.51. The average molecular weight is 241 g/mol. The summed E-state index contributed by atoms with van der Waals surface area (Å²) in [6.07, 6.45) is 4.47. The fourth-order valence-corrected chi connectivity index (χ4v) is 2.15. The smallest absolute Gasteiger partial charge is 0.315 e. The first-order valence-corrected chi connectivity index (χ1v) is 6.49. The Morgan fingerprint density at radius 3 is 2.29 bits per heavy atom. The van der Waals surface area contributed by atoms with Crippen molar-refractivity contribution in [1.82, 2.24) is 15.5 Å². The molecule has 0 atom stereocenters. The molecule has 17 heavy (non-hydrogen) atoms. The first-order valence-electron chi connectivity index (χ1n) is 6.49. The summed E-state index contributed by atoms with van der Waals surface area (Å²) in [5.74, 6) is -0.0310. The van der Waals surface area contributed by atoms with Crippen LogP contribution in [0, 0.1) is 0 Å². The summed E-state index contributed by atoms with van der Waals surface area (Å²) in [6, 6.07) is 0.0657. The number of likely N-dealkylation sites (N-methyl/N-ethyl adjacent to an activating group) is 1. The van der Waals surface area contributed by atoms with E-state index in [-0.39, 0.29) is 18.5 Å². The minimum atomic E-state index is -0.225. The largest absolute Gasteiger partial charge is 0.342 e. The van der Waals surface area contributed by atoms with Gasteiger partial charge in [-0.2, -0.15) is 0 Å². The van der Waals surface area contributed by atoms with E-state index in [4.69, 9.17) is 0 Å². The van der Waals surface area contributed by atoms with Gasteiger partial charge in [0.25, 0.3) is 0 Å². The van der Waals surface area contributed by atoms with Crippen LogP contribution in [0.25, 0.3) is 0 Å². The third-order valence-electron chi connectivity index (χ3n) is 3.21. The number of amides is 3. The highest BCUT2D eigenvalue weighted by Crippen LogP contribution is 2.17. The quantitative estimate of drug-likeness (QED) is 0.757. The Labute approximate surface area is 103 Å². The van der Waals surface area contributed by atoms with Crippen molar-refractivity contribution < 1.29 is 9.59 Å². The van der Waals surface area contributed by atoms with Gasteiger partial charge in [-0.3, -0.25) is 4.79 Å². The van der Waals surface area contributed by atoms with E-state index in [2.05, 4.69) is 10.6 Å². The highest BCUT2D eigenvalue weighted by atomic mass is 16.2. The van der Waals surface area contributed by atoms with Crippen molar-refractivity contribution in [2.75, 3.05) is 19.6 Å². The zero-order chi connectivity index (χ0) is 12.7. The van der Waals surface area contributed by atoms with Crippen LogP contribution in [0.15, 0.2) is 0 Å². The Bertz CT molecular complexity index is 258. The topological polar surface area (TPSA) is 61.4 Å². The summed E-state index contributed by atoms with van der Waals surface area (Å²) < 4.78 is 0. The number of hydrogen-bond donors (Lipinski definition) is 2. The van der Waals surface area contributed by atoms with Crippen LogP contribution in [0.1, 0.15) is 39.5 Å². The molecule has 0 bridgehead atoms. The first kappa shape index (κ1) is 13.8. The van der Waals surface area contributed by atoms with E-state index in [1.54, 1.807) is 4.90 Å². The molecule has 1 rings (SSSR count). The van der Waals surface area contributed by atoms with Crippen LogP contribution >= 0.6 is 0 Å². The molecule has 3 amide bonds. The monoisotopic (exact) mass is 241 g/mol. The fourth-order valence-electron chi connectivity index (χ4n) is 2.15. The van der Waals surface area contributed by atoms with Crippen LogP contribution < -0.4 is 10.6 Å². The van der Waals surface area contributed by atoms with Crippen molar-refractivity contribution in [2.24, 2.45) is 0 Å². The number of carbonyl (C=O) groups is 2. The predicted octanol–water partition coefficient (Wildman–Crippen LogP) is 1.10. The maximum Gasteiger partial charge on any atom is 0.315 e. The molecule has 0 aromatic rings. The molecule has 5 nitrogen and oxygen atoms in total. The molecule has 1 saturated carbocycles. The van der Waals surface area contributed by atoms with E-state index in [9.17, 15) is 9.59 Å². The highest BCUT2D eigenvalue weighted by molar-refractivity contribution is 5.84. The van der Waals surface area contributed by atoms with Crippen molar-refractivity contribution in [3.05, 3.63) is 0 Å². The SMILES string of the molecule is CCN(CC)C(=O)CNC(=O)NC1CCCC1. The lowest BCUT2D eigenvalue weighted by Gasteiger charge is -2.19. The maximum atomic E-state index is 11.6. The number of rotatable bonds is 5. The standard InChI is InChI=1S/C12H23N3O2/c1-3-15(4-2)11(16)9-13-12(17)14-10-7-5-6-8-10/h10H,3-9H2,1-2H3,(H2,13,14,17). The van der Waals surface area contributed by atoms with E-state index in [0.29, 0.717) is 19.1 Å². The van der Waals surface area contributed by atoms with Gasteiger partial charge in [-0.15, -0.1) is 0 Å². The molecule has 1 aliphatic carbocycles. The minimum Gasteiger partial charge on any atom is -0.342 e. The third-order valence-corrected chi connectivity index (χ3v) is 3.21. The van der Waals surface area contributed by atoms with Gasteiger partial charge in [-0.05, 0) is 26.7 Å². The second kappa shape index (κ2) is 7.14. The lowest BCUT2D eigenvalue weighted by molar-refractivity contribution is -0.129. The van der Waals surface area contributed by atoms with Gasteiger partial charge in [0.15, 0.2) is 0 Å². The van der Waals surface area contributed by atoms with Gasteiger partial charge in [0.05, 0.1) is 6.54 Å². The van der Waals surface area contributed by atoms with Crippen LogP contribution in [-0.2, 0) is 4.79 Å². The average Bonchev–Trinajstić information content (AvgIpc) is 2.81. The summed E-state index contributed by atoms with van der Waals surface area (Å²) >= 11 is 0. The Hall–Kier alpha value is -1.26. The lowest BCUT2D eigenvalue weighted by atomic mass is 10.2. The molecule has 0 spiro atoms. The second-order valence-corrected chi connectivity index (χ2v) is 4.37. The molecule has 0 unspecified atom stereocenters. The van der Waals surface area contributed by atoms with Crippen molar-refractivity contribution in [3.63, 3.8) is 0 Å². The summed E-state index contributed by atoms with van der Waals surface area (Å²) in [7, 11) is 0. The minimum absolute atomic E-state index is 0.0310. The maximum absolute atomic E-state index is 11.6. The van der Waals surface area contributed by atoms with E-state index in [1.165, 1.54) is 12.8 Å². The van der Waals surface area contributed by atoms with Crippen LogP contribution in [-0.4, -0.2) is 42.5 Å². The zero-order valence-electron chi connectivity index (χ0n) is 10.8. The van der Waals surface area contributed by atoms with E-state index in [1.807, 2.05) is 13.8 Å². The normalized spacial score (nSPS) is 15.6. The Morgan fingerprint density at radius 1 is 1.18 bits per heavy atom. The van der Waals surface area contributed by atoms with Gasteiger partial charge >= 0.3 is 6.03 Å². The second-order valence-electron chi connectivity index (χ2n) is 4.37. The predicted molar refractivity (Wildman–Crippen MR) is 66.7 cm³/mol. The van der Waals surface area contributed by atoms with Crippen LogP contribution in [0.2, 0.25) is 0 Å². The molecule has 0 heterocycles. The van der Waals surface area contributed by atoms with Gasteiger partial charge in [-0.25, -0.2) is 4.79 Å². The Morgan fingerprint density at radius 2 is 1.76 bits per heavy atom.